The molecule has 2 aromatic rings. The Bertz CT molecular complexity index is 689. The Morgan fingerprint density at radius 2 is 2.19 bits per heavy atom. The van der Waals surface area contributed by atoms with Crippen LogP contribution in [0.15, 0.2) is 24.4 Å². The molecule has 0 aliphatic heterocycles. The summed E-state index contributed by atoms with van der Waals surface area (Å²) < 4.78 is 14.1. The van der Waals surface area contributed by atoms with Gasteiger partial charge in [-0.05, 0) is 18.2 Å². The van der Waals surface area contributed by atoms with Crippen molar-refractivity contribution in [3.05, 3.63) is 40.9 Å². The van der Waals surface area contributed by atoms with Crippen molar-refractivity contribution < 1.29 is 19.1 Å². The van der Waals surface area contributed by atoms with Crippen LogP contribution >= 0.6 is 11.6 Å². The third-order valence-corrected chi connectivity index (χ3v) is 2.74. The molecule has 0 saturated heterocycles. The van der Waals surface area contributed by atoms with Gasteiger partial charge in [-0.15, -0.1) is 5.10 Å². The summed E-state index contributed by atoms with van der Waals surface area (Å²) in [7, 11) is 0. The molecular weight excluding hydrogens is 303 g/mol. The fraction of sp³-hybridized carbons (Fsp3) is 0.167. The maximum Gasteiger partial charge on any atom is 0.309 e. The van der Waals surface area contributed by atoms with Crippen LogP contribution in [0.4, 0.5) is 10.1 Å². The van der Waals surface area contributed by atoms with Gasteiger partial charge in [0, 0.05) is 6.20 Å². The number of anilines is 1. The van der Waals surface area contributed by atoms with E-state index < -0.39 is 17.7 Å². The van der Waals surface area contributed by atoms with Gasteiger partial charge in [-0.1, -0.05) is 16.8 Å². The summed E-state index contributed by atoms with van der Waals surface area (Å²) in [5.74, 6) is -1.99. The molecule has 21 heavy (non-hydrogen) atoms. The third-order valence-electron chi connectivity index (χ3n) is 2.43. The predicted molar refractivity (Wildman–Crippen MR) is 71.4 cm³/mol. The molecular formula is C12H10ClFN4O3. The lowest BCUT2D eigenvalue weighted by Gasteiger charge is -2.06. The monoisotopic (exact) mass is 312 g/mol. The van der Waals surface area contributed by atoms with E-state index in [4.69, 9.17) is 16.7 Å². The number of nitrogens with one attached hydrogen (secondary N) is 1. The van der Waals surface area contributed by atoms with Crippen molar-refractivity contribution in [1.82, 2.24) is 15.0 Å². The van der Waals surface area contributed by atoms with Crippen molar-refractivity contribution in [1.29, 1.82) is 0 Å². The normalized spacial score (nSPS) is 10.4. The van der Waals surface area contributed by atoms with Gasteiger partial charge in [0.25, 0.3) is 0 Å². The first-order valence-electron chi connectivity index (χ1n) is 5.80. The zero-order chi connectivity index (χ0) is 15.4. The molecule has 0 spiro atoms. The second-order valence-corrected chi connectivity index (χ2v) is 4.56. The van der Waals surface area contributed by atoms with Crippen LogP contribution in [0.25, 0.3) is 0 Å². The Kier molecular flexibility index (Phi) is 4.49. The number of amides is 1. The molecule has 1 heterocycles. The van der Waals surface area contributed by atoms with Gasteiger partial charge in [-0.3, -0.25) is 9.59 Å². The molecule has 0 atom stereocenters. The van der Waals surface area contributed by atoms with Crippen molar-refractivity contribution in [3.8, 4) is 0 Å². The summed E-state index contributed by atoms with van der Waals surface area (Å²) >= 11 is 5.78. The molecule has 1 aromatic heterocycles. The summed E-state index contributed by atoms with van der Waals surface area (Å²) in [6.45, 7) is -0.166. The van der Waals surface area contributed by atoms with E-state index in [0.717, 1.165) is 6.07 Å². The van der Waals surface area contributed by atoms with Crippen molar-refractivity contribution in [2.45, 2.75) is 13.0 Å². The number of benzene rings is 1. The Balaban J connectivity index is 1.98. The molecule has 0 fully saturated rings. The molecule has 1 aromatic carbocycles. The van der Waals surface area contributed by atoms with Gasteiger partial charge in [-0.25, -0.2) is 9.07 Å². The van der Waals surface area contributed by atoms with Crippen LogP contribution in [-0.2, 0) is 22.6 Å². The highest BCUT2D eigenvalue weighted by Gasteiger charge is 2.10. The van der Waals surface area contributed by atoms with Crippen LogP contribution in [0, 0.1) is 5.82 Å². The number of nitrogens with zero attached hydrogens (tertiary/aromatic N) is 3. The fourth-order valence-electron chi connectivity index (χ4n) is 1.58. The van der Waals surface area contributed by atoms with Gasteiger partial charge in [-0.2, -0.15) is 0 Å². The molecule has 0 saturated carbocycles. The van der Waals surface area contributed by atoms with Crippen LogP contribution in [0.5, 0.6) is 0 Å². The van der Waals surface area contributed by atoms with Crippen molar-refractivity contribution in [2.75, 3.05) is 5.32 Å². The molecule has 0 bridgehead atoms. The smallest absolute Gasteiger partial charge is 0.309 e. The third kappa shape index (κ3) is 4.25. The van der Waals surface area contributed by atoms with Crippen LogP contribution in [-0.4, -0.2) is 32.0 Å². The highest BCUT2D eigenvalue weighted by molar-refractivity contribution is 6.33. The second-order valence-electron chi connectivity index (χ2n) is 4.15. The largest absolute Gasteiger partial charge is 0.481 e. The first-order valence-corrected chi connectivity index (χ1v) is 6.17. The zero-order valence-corrected chi connectivity index (χ0v) is 11.3. The average molecular weight is 313 g/mol. The summed E-state index contributed by atoms with van der Waals surface area (Å²) in [4.78, 5) is 22.3. The highest BCUT2D eigenvalue weighted by Crippen LogP contribution is 2.22. The summed E-state index contributed by atoms with van der Waals surface area (Å²) in [6, 6.07) is 3.59. The molecule has 2 rings (SSSR count). The van der Waals surface area contributed by atoms with Crippen molar-refractivity contribution in [2.24, 2.45) is 0 Å². The Labute approximate surface area is 123 Å². The van der Waals surface area contributed by atoms with E-state index in [1.807, 2.05) is 0 Å². The van der Waals surface area contributed by atoms with E-state index in [1.165, 1.54) is 23.0 Å². The predicted octanol–water partition coefficient (Wildman–Crippen LogP) is 1.34. The summed E-state index contributed by atoms with van der Waals surface area (Å²) in [5, 5.41) is 18.4. The van der Waals surface area contributed by atoms with Crippen LogP contribution < -0.4 is 5.32 Å². The van der Waals surface area contributed by atoms with E-state index in [9.17, 15) is 14.0 Å². The van der Waals surface area contributed by atoms with E-state index in [1.54, 1.807) is 0 Å². The molecule has 0 radical (unpaired) electrons. The number of carbonyl (C=O) groups excluding carboxylic acids is 1. The van der Waals surface area contributed by atoms with Crippen LogP contribution in [0.2, 0.25) is 5.02 Å². The van der Waals surface area contributed by atoms with E-state index in [2.05, 4.69) is 15.6 Å². The lowest BCUT2D eigenvalue weighted by Crippen LogP contribution is -2.19. The van der Waals surface area contributed by atoms with Gasteiger partial charge in [0.2, 0.25) is 5.91 Å². The zero-order valence-electron chi connectivity index (χ0n) is 10.6. The van der Waals surface area contributed by atoms with Gasteiger partial charge in [0.15, 0.2) is 0 Å². The maximum atomic E-state index is 12.9. The Hall–Kier alpha value is -2.48. The molecule has 2 N–H and O–H groups in total. The van der Waals surface area contributed by atoms with Crippen LogP contribution in [0.1, 0.15) is 5.69 Å². The van der Waals surface area contributed by atoms with Crippen molar-refractivity contribution in [3.63, 3.8) is 0 Å². The molecule has 0 aliphatic carbocycles. The quantitative estimate of drug-likeness (QED) is 0.868. The minimum absolute atomic E-state index is 0.0773. The first-order chi connectivity index (χ1) is 9.94. The SMILES string of the molecule is O=C(O)Cc1cn(CC(=O)Nc2ccc(F)cc2Cl)nn1. The number of carbonyl (C=O) groups is 2. The molecule has 7 nitrogen and oxygen atoms in total. The fourth-order valence-corrected chi connectivity index (χ4v) is 1.79. The van der Waals surface area contributed by atoms with E-state index in [0.29, 0.717) is 0 Å². The van der Waals surface area contributed by atoms with E-state index >= 15 is 0 Å². The molecule has 110 valence electrons. The Morgan fingerprint density at radius 1 is 1.43 bits per heavy atom. The number of halogens is 2. The number of carboxylic acid groups (broad SMARTS) is 1. The van der Waals surface area contributed by atoms with E-state index in [-0.39, 0.29) is 29.4 Å². The van der Waals surface area contributed by atoms with Gasteiger partial charge < -0.3 is 10.4 Å². The number of hydrogen-bond donors (Lipinski definition) is 2. The molecule has 9 heteroatoms. The van der Waals surface area contributed by atoms with Gasteiger partial charge >= 0.3 is 5.97 Å². The van der Waals surface area contributed by atoms with Crippen molar-refractivity contribution >= 4 is 29.2 Å². The standard InChI is InChI=1S/C12H10ClFN4O3/c13-9-3-7(14)1-2-10(9)15-11(19)6-18-5-8(16-17-18)4-12(20)21/h1-3,5H,4,6H2,(H,15,19)(H,20,21). The average Bonchev–Trinajstić information content (AvgIpc) is 2.79. The maximum absolute atomic E-state index is 12.9. The van der Waals surface area contributed by atoms with Crippen LogP contribution in [0.3, 0.4) is 0 Å². The highest BCUT2D eigenvalue weighted by atomic mass is 35.5. The topological polar surface area (TPSA) is 97.1 Å². The number of aliphatic carboxylic acids is 1. The van der Waals surface area contributed by atoms with Gasteiger partial charge in [0.05, 0.1) is 22.8 Å². The molecule has 0 aliphatic rings. The first kappa shape index (κ1) is 14.9. The molecule has 1 amide bonds. The minimum Gasteiger partial charge on any atom is -0.481 e. The summed E-state index contributed by atoms with van der Waals surface area (Å²) in [5.41, 5.74) is 0.518. The van der Waals surface area contributed by atoms with Gasteiger partial charge in [0.1, 0.15) is 12.4 Å². The molecule has 0 unspecified atom stereocenters. The Morgan fingerprint density at radius 3 is 2.86 bits per heavy atom. The lowest BCUT2D eigenvalue weighted by molar-refractivity contribution is -0.136. The lowest BCUT2D eigenvalue weighted by atomic mass is 10.3. The minimum atomic E-state index is -1.04. The number of rotatable bonds is 5. The second kappa shape index (κ2) is 6.31. The number of aromatic nitrogens is 3. The number of hydrogen-bond acceptors (Lipinski definition) is 4. The summed E-state index contributed by atoms with van der Waals surface area (Å²) in [6.07, 6.45) is 1.09. The number of carboxylic acids is 1.